The highest BCUT2D eigenvalue weighted by molar-refractivity contribution is 4.92. The number of aliphatic hydroxyl groups is 1. The van der Waals surface area contributed by atoms with E-state index in [1.807, 2.05) is 0 Å². The molecule has 1 nitrogen and oxygen atoms in total. The van der Waals surface area contributed by atoms with Gasteiger partial charge in [0, 0.05) is 0 Å². The monoisotopic (exact) mass is 126 g/mol. The van der Waals surface area contributed by atoms with Crippen molar-refractivity contribution in [3.8, 4) is 0 Å². The number of hydrogen-bond acceptors (Lipinski definition) is 1. The minimum atomic E-state index is -0.205. The van der Waals surface area contributed by atoms with E-state index in [0.717, 1.165) is 25.2 Å². The van der Waals surface area contributed by atoms with Gasteiger partial charge in [0.2, 0.25) is 0 Å². The molecule has 0 aromatic rings. The van der Waals surface area contributed by atoms with Crippen LogP contribution in [0.2, 0.25) is 0 Å². The van der Waals surface area contributed by atoms with E-state index in [2.05, 4.69) is 0 Å². The predicted octanol–water partition coefficient (Wildman–Crippen LogP) is 1.70. The fourth-order valence-electron chi connectivity index (χ4n) is 2.41. The lowest BCUT2D eigenvalue weighted by molar-refractivity contribution is 0.0194. The molecule has 0 radical (unpaired) electrons. The fourth-order valence-corrected chi connectivity index (χ4v) is 2.41. The number of fused-ring (bicyclic) bond motifs is 2. The molecule has 0 saturated heterocycles. The summed E-state index contributed by atoms with van der Waals surface area (Å²) < 4.78 is 0. The lowest BCUT2D eigenvalue weighted by Crippen LogP contribution is -2.27. The van der Waals surface area contributed by atoms with Crippen LogP contribution in [0, 0.1) is 5.92 Å². The molecule has 1 N–H and O–H groups in total. The molecule has 0 amide bonds. The Kier molecular flexibility index (Phi) is 1.10. The molecular weight excluding hydrogens is 112 g/mol. The second-order valence-corrected chi connectivity index (χ2v) is 3.73. The fraction of sp³-hybridized carbons (Fsp3) is 1.00. The molecule has 2 aliphatic carbocycles. The largest absolute Gasteiger partial charge is 0.390 e. The van der Waals surface area contributed by atoms with Crippen molar-refractivity contribution in [2.45, 2.75) is 44.1 Å². The first-order valence-electron chi connectivity index (χ1n) is 4.01. The molecule has 9 heavy (non-hydrogen) atoms. The summed E-state index contributed by atoms with van der Waals surface area (Å²) in [5.41, 5.74) is -0.205. The normalized spacial score (nSPS) is 49.7. The zero-order chi connectivity index (χ0) is 6.32. The van der Waals surface area contributed by atoms with E-state index in [-0.39, 0.29) is 5.60 Å². The van der Waals surface area contributed by atoms with Crippen LogP contribution in [-0.2, 0) is 0 Å². The van der Waals surface area contributed by atoms with Crippen LogP contribution in [0.1, 0.15) is 38.5 Å². The summed E-state index contributed by atoms with van der Waals surface area (Å²) in [5, 5.41) is 9.72. The van der Waals surface area contributed by atoms with Crippen molar-refractivity contribution >= 4 is 0 Å². The Morgan fingerprint density at radius 1 is 1.22 bits per heavy atom. The zero-order valence-corrected chi connectivity index (χ0v) is 5.77. The quantitative estimate of drug-likeness (QED) is 0.523. The zero-order valence-electron chi connectivity index (χ0n) is 5.77. The summed E-state index contributed by atoms with van der Waals surface area (Å²) >= 11 is 0. The molecular formula is C8H14O. The van der Waals surface area contributed by atoms with Crippen LogP contribution in [0.5, 0.6) is 0 Å². The van der Waals surface area contributed by atoms with Crippen LogP contribution in [0.4, 0.5) is 0 Å². The standard InChI is InChI=1S/C8H14O/c9-8-4-1-2-7(6-8)3-5-8/h7,9H,1-6H2/t7-,8+/m1/s1. The topological polar surface area (TPSA) is 20.2 Å². The van der Waals surface area contributed by atoms with Gasteiger partial charge < -0.3 is 5.11 Å². The van der Waals surface area contributed by atoms with Gasteiger partial charge in [0.05, 0.1) is 5.60 Å². The maximum Gasteiger partial charge on any atom is 0.0650 e. The van der Waals surface area contributed by atoms with Gasteiger partial charge in [-0.25, -0.2) is 0 Å². The average Bonchev–Trinajstić information content (AvgIpc) is 2.07. The van der Waals surface area contributed by atoms with Gasteiger partial charge >= 0.3 is 0 Å². The third kappa shape index (κ3) is 0.877. The molecule has 0 unspecified atom stereocenters. The van der Waals surface area contributed by atoms with Crippen molar-refractivity contribution in [3.63, 3.8) is 0 Å². The van der Waals surface area contributed by atoms with Gasteiger partial charge in [-0.3, -0.25) is 0 Å². The minimum absolute atomic E-state index is 0.205. The Bertz CT molecular complexity index is 118. The van der Waals surface area contributed by atoms with Crippen molar-refractivity contribution in [1.29, 1.82) is 0 Å². The van der Waals surface area contributed by atoms with Gasteiger partial charge in [0.15, 0.2) is 0 Å². The summed E-state index contributed by atoms with van der Waals surface area (Å²) in [5.74, 6) is 0.878. The Morgan fingerprint density at radius 2 is 2.11 bits per heavy atom. The van der Waals surface area contributed by atoms with Gasteiger partial charge in [-0.1, -0.05) is 12.8 Å². The van der Waals surface area contributed by atoms with Gasteiger partial charge in [0.1, 0.15) is 0 Å². The van der Waals surface area contributed by atoms with Crippen molar-refractivity contribution in [2.24, 2.45) is 5.92 Å². The van der Waals surface area contributed by atoms with E-state index in [9.17, 15) is 5.11 Å². The molecule has 0 spiro atoms. The van der Waals surface area contributed by atoms with Crippen LogP contribution in [0.3, 0.4) is 0 Å². The summed E-state index contributed by atoms with van der Waals surface area (Å²) in [6.45, 7) is 0. The first kappa shape index (κ1) is 5.72. The number of rotatable bonds is 0. The molecule has 2 aliphatic rings. The van der Waals surface area contributed by atoms with Crippen molar-refractivity contribution in [1.82, 2.24) is 0 Å². The van der Waals surface area contributed by atoms with Crippen LogP contribution in [0.25, 0.3) is 0 Å². The lowest BCUT2D eigenvalue weighted by atomic mass is 9.86. The molecule has 2 rings (SSSR count). The summed E-state index contributed by atoms with van der Waals surface area (Å²) in [4.78, 5) is 0. The molecule has 0 heterocycles. The highest BCUT2D eigenvalue weighted by Crippen LogP contribution is 2.44. The van der Waals surface area contributed by atoms with Gasteiger partial charge in [0.25, 0.3) is 0 Å². The molecule has 0 aliphatic heterocycles. The Labute approximate surface area is 56.1 Å². The van der Waals surface area contributed by atoms with Crippen LogP contribution >= 0.6 is 0 Å². The summed E-state index contributed by atoms with van der Waals surface area (Å²) in [7, 11) is 0. The second kappa shape index (κ2) is 1.72. The Balaban J connectivity index is 2.13. The van der Waals surface area contributed by atoms with Crippen molar-refractivity contribution in [2.75, 3.05) is 0 Å². The van der Waals surface area contributed by atoms with Gasteiger partial charge in [-0.15, -0.1) is 0 Å². The molecule has 0 aromatic heterocycles. The average molecular weight is 126 g/mol. The van der Waals surface area contributed by atoms with Gasteiger partial charge in [-0.05, 0) is 31.6 Å². The maximum atomic E-state index is 9.72. The lowest BCUT2D eigenvalue weighted by Gasteiger charge is -2.26. The molecule has 0 aromatic carbocycles. The van der Waals surface area contributed by atoms with E-state index in [1.165, 1.54) is 19.3 Å². The molecule has 2 fully saturated rings. The summed E-state index contributed by atoms with van der Waals surface area (Å²) in [6, 6.07) is 0. The van der Waals surface area contributed by atoms with Crippen LogP contribution in [0.15, 0.2) is 0 Å². The van der Waals surface area contributed by atoms with Crippen LogP contribution in [-0.4, -0.2) is 10.7 Å². The molecule has 1 heteroatoms. The molecule has 52 valence electrons. The maximum absolute atomic E-state index is 9.72. The highest BCUT2D eigenvalue weighted by atomic mass is 16.3. The number of hydrogen-bond donors (Lipinski definition) is 1. The smallest absolute Gasteiger partial charge is 0.0650 e. The third-order valence-corrected chi connectivity index (χ3v) is 2.94. The third-order valence-electron chi connectivity index (χ3n) is 2.94. The first-order valence-corrected chi connectivity index (χ1v) is 4.01. The summed E-state index contributed by atoms with van der Waals surface area (Å²) in [6.07, 6.45) is 7.19. The van der Waals surface area contributed by atoms with Crippen molar-refractivity contribution < 1.29 is 5.11 Å². The van der Waals surface area contributed by atoms with Crippen molar-refractivity contribution in [3.05, 3.63) is 0 Å². The van der Waals surface area contributed by atoms with Crippen LogP contribution < -0.4 is 0 Å². The predicted molar refractivity (Wildman–Crippen MR) is 36.1 cm³/mol. The highest BCUT2D eigenvalue weighted by Gasteiger charge is 2.39. The van der Waals surface area contributed by atoms with Gasteiger partial charge in [-0.2, -0.15) is 0 Å². The first-order chi connectivity index (χ1) is 4.29. The van der Waals surface area contributed by atoms with E-state index < -0.39 is 0 Å². The molecule has 2 saturated carbocycles. The molecule has 2 atom stereocenters. The second-order valence-electron chi connectivity index (χ2n) is 3.73. The Morgan fingerprint density at radius 3 is 2.78 bits per heavy atom. The van der Waals surface area contributed by atoms with E-state index >= 15 is 0 Å². The van der Waals surface area contributed by atoms with E-state index in [4.69, 9.17) is 0 Å². The Hall–Kier alpha value is -0.0400. The van der Waals surface area contributed by atoms with E-state index in [0.29, 0.717) is 0 Å². The SMILES string of the molecule is O[C@@]12CCC[C@H](CC1)C2. The van der Waals surface area contributed by atoms with E-state index in [1.54, 1.807) is 0 Å². The minimum Gasteiger partial charge on any atom is -0.390 e. The molecule has 2 bridgehead atoms.